The summed E-state index contributed by atoms with van der Waals surface area (Å²) in [5.41, 5.74) is 1.75. The molecule has 1 atom stereocenters. The van der Waals surface area contributed by atoms with Crippen molar-refractivity contribution in [3.63, 3.8) is 0 Å². The average Bonchev–Trinajstić information content (AvgIpc) is 3.23. The number of hydrogen-bond acceptors (Lipinski definition) is 5. The molecule has 1 aliphatic rings. The molecule has 0 spiro atoms. The van der Waals surface area contributed by atoms with Gasteiger partial charge in [0.2, 0.25) is 5.91 Å². The van der Waals surface area contributed by atoms with E-state index in [4.69, 9.17) is 4.74 Å². The molecule has 6 nitrogen and oxygen atoms in total. The number of amides is 1. The van der Waals surface area contributed by atoms with Crippen LogP contribution in [-0.4, -0.2) is 44.4 Å². The Labute approximate surface area is 150 Å². The third-order valence-electron chi connectivity index (χ3n) is 4.40. The Morgan fingerprint density at radius 3 is 3.16 bits per heavy atom. The monoisotopic (exact) mass is 356 g/mol. The van der Waals surface area contributed by atoms with Crippen LogP contribution in [0.2, 0.25) is 0 Å². The molecule has 1 aliphatic heterocycles. The topological polar surface area (TPSA) is 59.7 Å². The molecule has 0 unspecified atom stereocenters. The molecule has 0 bridgehead atoms. The molecule has 3 aromatic rings. The summed E-state index contributed by atoms with van der Waals surface area (Å²) in [6.45, 7) is 1.93. The SMILES string of the molecule is O=C(Cc1cn2ccsc2n1)N1CCC[C@@H](OCc2ccccn2)C1. The third-order valence-corrected chi connectivity index (χ3v) is 5.17. The first kappa shape index (κ1) is 16.2. The van der Waals surface area contributed by atoms with Crippen molar-refractivity contribution >= 4 is 22.2 Å². The maximum absolute atomic E-state index is 12.6. The number of thiazole rings is 1. The van der Waals surface area contributed by atoms with Crippen LogP contribution in [-0.2, 0) is 22.6 Å². The van der Waals surface area contributed by atoms with Crippen LogP contribution in [0.15, 0.2) is 42.2 Å². The largest absolute Gasteiger partial charge is 0.370 e. The molecule has 4 rings (SSSR count). The number of likely N-dealkylation sites (tertiary alicyclic amines) is 1. The Morgan fingerprint density at radius 1 is 1.36 bits per heavy atom. The van der Waals surface area contributed by atoms with E-state index in [1.807, 2.05) is 45.3 Å². The Kier molecular flexibility index (Phi) is 4.76. The van der Waals surface area contributed by atoms with E-state index in [-0.39, 0.29) is 12.0 Å². The number of carbonyl (C=O) groups is 1. The number of piperidine rings is 1. The molecule has 0 aliphatic carbocycles. The first-order valence-electron chi connectivity index (χ1n) is 8.48. The van der Waals surface area contributed by atoms with Crippen molar-refractivity contribution in [2.24, 2.45) is 0 Å². The molecule has 7 heteroatoms. The molecule has 0 radical (unpaired) electrons. The van der Waals surface area contributed by atoms with Gasteiger partial charge in [0.15, 0.2) is 4.96 Å². The molecule has 4 heterocycles. The lowest BCUT2D eigenvalue weighted by atomic mass is 10.1. The Hall–Kier alpha value is -2.25. The summed E-state index contributed by atoms with van der Waals surface area (Å²) in [6, 6.07) is 5.80. The van der Waals surface area contributed by atoms with E-state index in [9.17, 15) is 4.79 Å². The second-order valence-corrected chi connectivity index (χ2v) is 7.11. The van der Waals surface area contributed by atoms with E-state index in [1.54, 1.807) is 17.5 Å². The zero-order valence-corrected chi connectivity index (χ0v) is 14.7. The molecule has 0 saturated carbocycles. The van der Waals surface area contributed by atoms with Gasteiger partial charge >= 0.3 is 0 Å². The lowest BCUT2D eigenvalue weighted by molar-refractivity contribution is -0.135. The number of imidazole rings is 1. The molecule has 130 valence electrons. The second kappa shape index (κ2) is 7.33. The van der Waals surface area contributed by atoms with E-state index in [0.29, 0.717) is 19.6 Å². The standard InChI is InChI=1S/C18H20N4O2S/c23-17(10-15-11-22-8-9-25-18(22)20-15)21-7-3-5-16(12-21)24-13-14-4-1-2-6-19-14/h1-2,4,6,8-9,11,16H,3,5,7,10,12-13H2/t16-/m1/s1. The minimum absolute atomic E-state index is 0.0743. The highest BCUT2D eigenvalue weighted by Crippen LogP contribution is 2.17. The Morgan fingerprint density at radius 2 is 2.32 bits per heavy atom. The first-order chi connectivity index (χ1) is 12.3. The van der Waals surface area contributed by atoms with Crippen molar-refractivity contribution in [3.05, 3.63) is 53.6 Å². The number of pyridine rings is 1. The number of carbonyl (C=O) groups excluding carboxylic acids is 1. The van der Waals surface area contributed by atoms with Crippen molar-refractivity contribution in [2.75, 3.05) is 13.1 Å². The van der Waals surface area contributed by atoms with Gasteiger partial charge in [-0.3, -0.25) is 14.2 Å². The van der Waals surface area contributed by atoms with Crippen LogP contribution >= 0.6 is 11.3 Å². The number of rotatable bonds is 5. The molecular weight excluding hydrogens is 336 g/mol. The maximum Gasteiger partial charge on any atom is 0.228 e. The predicted molar refractivity (Wildman–Crippen MR) is 95.4 cm³/mol. The molecule has 0 aromatic carbocycles. The van der Waals surface area contributed by atoms with Gasteiger partial charge in [0.05, 0.1) is 30.5 Å². The van der Waals surface area contributed by atoms with E-state index >= 15 is 0 Å². The second-order valence-electron chi connectivity index (χ2n) is 6.24. The van der Waals surface area contributed by atoms with Gasteiger partial charge in [-0.05, 0) is 25.0 Å². The van der Waals surface area contributed by atoms with Crippen molar-refractivity contribution in [1.82, 2.24) is 19.3 Å². The first-order valence-corrected chi connectivity index (χ1v) is 9.36. The van der Waals surface area contributed by atoms with Crippen LogP contribution in [0.5, 0.6) is 0 Å². The minimum Gasteiger partial charge on any atom is -0.370 e. The van der Waals surface area contributed by atoms with E-state index in [2.05, 4.69) is 9.97 Å². The van der Waals surface area contributed by atoms with Gasteiger partial charge in [0.25, 0.3) is 0 Å². The van der Waals surface area contributed by atoms with E-state index in [0.717, 1.165) is 35.7 Å². The molecule has 25 heavy (non-hydrogen) atoms. The summed E-state index contributed by atoms with van der Waals surface area (Å²) in [6.07, 6.45) is 8.04. The highest BCUT2D eigenvalue weighted by molar-refractivity contribution is 7.15. The fourth-order valence-corrected chi connectivity index (χ4v) is 3.83. The predicted octanol–water partition coefficient (Wildman–Crippen LogP) is 2.54. The van der Waals surface area contributed by atoms with Crippen molar-refractivity contribution < 1.29 is 9.53 Å². The number of aromatic nitrogens is 3. The van der Waals surface area contributed by atoms with E-state index < -0.39 is 0 Å². The molecule has 1 saturated heterocycles. The quantitative estimate of drug-likeness (QED) is 0.705. The lowest BCUT2D eigenvalue weighted by Crippen LogP contribution is -2.43. The van der Waals surface area contributed by atoms with Gasteiger partial charge in [-0.2, -0.15) is 0 Å². The Balaban J connectivity index is 1.32. The molecular formula is C18H20N4O2S. The van der Waals surface area contributed by atoms with Gasteiger partial charge in [0.1, 0.15) is 0 Å². The van der Waals surface area contributed by atoms with Gasteiger partial charge < -0.3 is 9.64 Å². The van der Waals surface area contributed by atoms with Gasteiger partial charge in [-0.15, -0.1) is 11.3 Å². The number of nitrogens with zero attached hydrogens (tertiary/aromatic N) is 4. The van der Waals surface area contributed by atoms with Crippen LogP contribution in [0.3, 0.4) is 0 Å². The summed E-state index contributed by atoms with van der Waals surface area (Å²) in [5.74, 6) is 0.122. The summed E-state index contributed by atoms with van der Waals surface area (Å²) < 4.78 is 7.92. The number of fused-ring (bicyclic) bond motifs is 1. The molecule has 1 amide bonds. The number of ether oxygens (including phenoxy) is 1. The summed E-state index contributed by atoms with van der Waals surface area (Å²) in [5, 5.41) is 1.99. The zero-order chi connectivity index (χ0) is 17.1. The van der Waals surface area contributed by atoms with Crippen LogP contribution < -0.4 is 0 Å². The lowest BCUT2D eigenvalue weighted by Gasteiger charge is -2.32. The summed E-state index contributed by atoms with van der Waals surface area (Å²) in [4.78, 5) is 24.2. The normalized spacial score (nSPS) is 17.9. The van der Waals surface area contributed by atoms with Crippen molar-refractivity contribution in [3.8, 4) is 0 Å². The van der Waals surface area contributed by atoms with Gasteiger partial charge in [-0.1, -0.05) is 6.07 Å². The van der Waals surface area contributed by atoms with E-state index in [1.165, 1.54) is 0 Å². The van der Waals surface area contributed by atoms with Crippen molar-refractivity contribution in [2.45, 2.75) is 32.0 Å². The minimum atomic E-state index is 0.0743. The maximum atomic E-state index is 12.6. The average molecular weight is 356 g/mol. The Bertz CT molecular complexity index is 817. The zero-order valence-electron chi connectivity index (χ0n) is 13.9. The molecule has 3 aromatic heterocycles. The third kappa shape index (κ3) is 3.88. The highest BCUT2D eigenvalue weighted by Gasteiger charge is 2.24. The molecule has 1 fully saturated rings. The van der Waals surface area contributed by atoms with Crippen LogP contribution in [0.25, 0.3) is 4.96 Å². The number of hydrogen-bond donors (Lipinski definition) is 0. The van der Waals surface area contributed by atoms with Gasteiger partial charge in [0, 0.05) is 37.1 Å². The summed E-state index contributed by atoms with van der Waals surface area (Å²) in [7, 11) is 0. The van der Waals surface area contributed by atoms with Crippen LogP contribution in [0, 0.1) is 0 Å². The van der Waals surface area contributed by atoms with Crippen LogP contribution in [0.4, 0.5) is 0 Å². The van der Waals surface area contributed by atoms with Crippen molar-refractivity contribution in [1.29, 1.82) is 0 Å². The summed E-state index contributed by atoms with van der Waals surface area (Å²) >= 11 is 1.58. The smallest absolute Gasteiger partial charge is 0.228 e. The fraction of sp³-hybridized carbons (Fsp3) is 0.389. The van der Waals surface area contributed by atoms with Crippen LogP contribution in [0.1, 0.15) is 24.2 Å². The highest BCUT2D eigenvalue weighted by atomic mass is 32.1. The van der Waals surface area contributed by atoms with Gasteiger partial charge in [-0.25, -0.2) is 4.98 Å². The molecule has 0 N–H and O–H groups in total. The fourth-order valence-electron chi connectivity index (χ4n) is 3.12.